The summed E-state index contributed by atoms with van der Waals surface area (Å²) in [4.78, 5) is 39.9. The molecule has 29 heavy (non-hydrogen) atoms. The molecule has 0 saturated heterocycles. The largest absolute Gasteiger partial charge is 0.481 e. The molecule has 0 spiro atoms. The predicted octanol–water partition coefficient (Wildman–Crippen LogP) is 3.06. The Bertz CT molecular complexity index is 1220. The summed E-state index contributed by atoms with van der Waals surface area (Å²) < 4.78 is 1.67. The molecule has 0 fully saturated rings. The van der Waals surface area contributed by atoms with Gasteiger partial charge >= 0.3 is 5.97 Å². The highest BCUT2D eigenvalue weighted by Crippen LogP contribution is 2.28. The average molecular weight is 389 g/mol. The van der Waals surface area contributed by atoms with Gasteiger partial charge in [0.15, 0.2) is 0 Å². The highest BCUT2D eigenvalue weighted by atomic mass is 16.4. The maximum absolute atomic E-state index is 12.9. The van der Waals surface area contributed by atoms with Crippen LogP contribution in [0, 0.1) is 6.92 Å². The van der Waals surface area contributed by atoms with Gasteiger partial charge in [-0.1, -0.05) is 29.8 Å². The third-order valence-corrected chi connectivity index (χ3v) is 4.86. The molecule has 2 heterocycles. The molecule has 4 rings (SSSR count). The van der Waals surface area contributed by atoms with Crippen molar-refractivity contribution in [3.8, 4) is 0 Å². The second-order valence-corrected chi connectivity index (χ2v) is 7.07. The Morgan fingerprint density at radius 3 is 2.69 bits per heavy atom. The van der Waals surface area contributed by atoms with Crippen LogP contribution in [0.2, 0.25) is 0 Å². The summed E-state index contributed by atoms with van der Waals surface area (Å²) in [5.41, 5.74) is 3.95. The lowest BCUT2D eigenvalue weighted by atomic mass is 10.1. The summed E-state index contributed by atoms with van der Waals surface area (Å²) in [6, 6.07) is 12.9. The molecule has 2 aromatic carbocycles. The van der Waals surface area contributed by atoms with Crippen LogP contribution in [-0.2, 0) is 16.1 Å². The monoisotopic (exact) mass is 389 g/mol. The standard InChI is InChI=1S/C22H19N3O4/c1-13-2-4-14(5-3-13)10-15-8-9-25-21(15)24-18-11-16(6-7-17(18)22(25)29)23-19(26)12-20(27)28/h2-7,10-11H,8-9,12H2,1H3,(H,23,26)(H,27,28). The molecule has 0 atom stereocenters. The number of allylic oxidation sites excluding steroid dienone is 1. The lowest BCUT2D eigenvalue weighted by Gasteiger charge is -2.08. The summed E-state index contributed by atoms with van der Waals surface area (Å²) in [6.45, 7) is 2.60. The van der Waals surface area contributed by atoms with Crippen molar-refractivity contribution >= 4 is 40.1 Å². The van der Waals surface area contributed by atoms with Crippen LogP contribution >= 0.6 is 0 Å². The number of amides is 1. The number of fused-ring (bicyclic) bond motifs is 2. The number of carboxylic acid groups (broad SMARTS) is 1. The zero-order valence-electron chi connectivity index (χ0n) is 15.8. The number of nitrogens with zero attached hydrogens (tertiary/aromatic N) is 2. The number of aliphatic carboxylic acids is 1. The minimum Gasteiger partial charge on any atom is -0.481 e. The first-order valence-electron chi connectivity index (χ1n) is 9.24. The minimum absolute atomic E-state index is 0.124. The molecule has 2 N–H and O–H groups in total. The third kappa shape index (κ3) is 3.80. The van der Waals surface area contributed by atoms with Crippen molar-refractivity contribution in [3.63, 3.8) is 0 Å². The fraction of sp³-hybridized carbons (Fsp3) is 0.182. The topological polar surface area (TPSA) is 101 Å². The number of aryl methyl sites for hydroxylation is 1. The molecule has 1 aromatic heterocycles. The van der Waals surface area contributed by atoms with Gasteiger partial charge in [-0.15, -0.1) is 0 Å². The van der Waals surface area contributed by atoms with E-state index in [4.69, 9.17) is 5.11 Å². The van der Waals surface area contributed by atoms with Crippen LogP contribution in [0.3, 0.4) is 0 Å². The summed E-state index contributed by atoms with van der Waals surface area (Å²) in [5, 5.41) is 11.7. The molecule has 1 aliphatic heterocycles. The molecule has 1 aliphatic rings. The molecular weight excluding hydrogens is 370 g/mol. The van der Waals surface area contributed by atoms with Crippen LogP contribution in [0.25, 0.3) is 22.6 Å². The van der Waals surface area contributed by atoms with Gasteiger partial charge in [0.05, 0.1) is 10.9 Å². The number of nitrogens with one attached hydrogen (secondary N) is 1. The van der Waals surface area contributed by atoms with E-state index in [1.54, 1.807) is 22.8 Å². The fourth-order valence-electron chi connectivity index (χ4n) is 3.44. The molecule has 146 valence electrons. The number of hydrogen-bond donors (Lipinski definition) is 2. The molecule has 0 unspecified atom stereocenters. The summed E-state index contributed by atoms with van der Waals surface area (Å²) >= 11 is 0. The van der Waals surface area contributed by atoms with Crippen LogP contribution in [-0.4, -0.2) is 26.5 Å². The van der Waals surface area contributed by atoms with E-state index < -0.39 is 18.3 Å². The second-order valence-electron chi connectivity index (χ2n) is 7.07. The van der Waals surface area contributed by atoms with Crippen molar-refractivity contribution in [2.45, 2.75) is 26.3 Å². The van der Waals surface area contributed by atoms with E-state index in [9.17, 15) is 14.4 Å². The highest BCUT2D eigenvalue weighted by molar-refractivity contribution is 6.02. The van der Waals surface area contributed by atoms with Crippen LogP contribution in [0.4, 0.5) is 5.69 Å². The van der Waals surface area contributed by atoms with Gasteiger partial charge in [-0.25, -0.2) is 4.98 Å². The number of carbonyl (C=O) groups excluding carboxylic acids is 1. The first-order valence-corrected chi connectivity index (χ1v) is 9.24. The van der Waals surface area contributed by atoms with Gasteiger partial charge < -0.3 is 10.4 Å². The van der Waals surface area contributed by atoms with Gasteiger partial charge in [-0.2, -0.15) is 0 Å². The zero-order valence-corrected chi connectivity index (χ0v) is 15.8. The third-order valence-electron chi connectivity index (χ3n) is 4.86. The van der Waals surface area contributed by atoms with Crippen LogP contribution in [0.15, 0.2) is 47.3 Å². The van der Waals surface area contributed by atoms with Gasteiger partial charge in [0, 0.05) is 12.2 Å². The Morgan fingerprint density at radius 2 is 1.97 bits per heavy atom. The molecule has 0 aliphatic carbocycles. The Labute approximate surface area is 166 Å². The minimum atomic E-state index is -1.21. The molecule has 0 bridgehead atoms. The van der Waals surface area contributed by atoms with Crippen molar-refractivity contribution in [1.82, 2.24) is 9.55 Å². The van der Waals surface area contributed by atoms with E-state index in [2.05, 4.69) is 10.3 Å². The van der Waals surface area contributed by atoms with E-state index in [0.717, 1.165) is 11.1 Å². The highest BCUT2D eigenvalue weighted by Gasteiger charge is 2.21. The molecular formula is C22H19N3O4. The van der Waals surface area contributed by atoms with Gasteiger partial charge in [0.2, 0.25) is 5.91 Å². The molecule has 1 amide bonds. The number of anilines is 1. The first kappa shape index (κ1) is 18.6. The number of benzene rings is 2. The van der Waals surface area contributed by atoms with E-state index in [0.29, 0.717) is 35.4 Å². The number of aromatic nitrogens is 2. The van der Waals surface area contributed by atoms with Crippen LogP contribution < -0.4 is 10.9 Å². The van der Waals surface area contributed by atoms with Crippen molar-refractivity contribution in [2.24, 2.45) is 0 Å². The molecule has 0 saturated carbocycles. The zero-order chi connectivity index (χ0) is 20.5. The summed E-state index contributed by atoms with van der Waals surface area (Å²) in [7, 11) is 0. The molecule has 7 nitrogen and oxygen atoms in total. The molecule has 0 radical (unpaired) electrons. The number of rotatable bonds is 4. The smallest absolute Gasteiger partial charge is 0.312 e. The molecule has 7 heteroatoms. The second kappa shape index (κ2) is 7.35. The number of carbonyl (C=O) groups is 2. The Morgan fingerprint density at radius 1 is 1.21 bits per heavy atom. The SMILES string of the molecule is Cc1ccc(C=C2CCn3c2nc2cc(NC(=O)CC(=O)O)ccc2c3=O)cc1. The van der Waals surface area contributed by atoms with Gasteiger partial charge in [0.25, 0.3) is 5.56 Å². The van der Waals surface area contributed by atoms with Crippen LogP contribution in [0.5, 0.6) is 0 Å². The van der Waals surface area contributed by atoms with E-state index in [1.807, 2.05) is 37.3 Å². The maximum atomic E-state index is 12.9. The van der Waals surface area contributed by atoms with Crippen LogP contribution in [0.1, 0.15) is 29.8 Å². The molecule has 3 aromatic rings. The quantitative estimate of drug-likeness (QED) is 0.668. The average Bonchev–Trinajstić information content (AvgIpc) is 3.06. The number of hydrogen-bond acceptors (Lipinski definition) is 4. The van der Waals surface area contributed by atoms with Crippen molar-refractivity contribution < 1.29 is 14.7 Å². The van der Waals surface area contributed by atoms with E-state index in [1.165, 1.54) is 5.56 Å². The summed E-state index contributed by atoms with van der Waals surface area (Å²) in [6.07, 6.45) is 2.13. The Balaban J connectivity index is 1.73. The van der Waals surface area contributed by atoms with E-state index in [-0.39, 0.29) is 5.56 Å². The first-order chi connectivity index (χ1) is 13.9. The number of carboxylic acids is 1. The Hall–Kier alpha value is -3.74. The van der Waals surface area contributed by atoms with Gasteiger partial charge in [-0.05, 0) is 48.8 Å². The van der Waals surface area contributed by atoms with Gasteiger partial charge in [0.1, 0.15) is 12.2 Å². The van der Waals surface area contributed by atoms with Crippen molar-refractivity contribution in [2.75, 3.05) is 5.32 Å². The normalized spacial score (nSPS) is 14.2. The summed E-state index contributed by atoms with van der Waals surface area (Å²) in [5.74, 6) is -1.21. The van der Waals surface area contributed by atoms with Gasteiger partial charge in [-0.3, -0.25) is 19.0 Å². The van der Waals surface area contributed by atoms with Crippen molar-refractivity contribution in [1.29, 1.82) is 0 Å². The lowest BCUT2D eigenvalue weighted by Crippen LogP contribution is -2.21. The van der Waals surface area contributed by atoms with Crippen molar-refractivity contribution in [3.05, 3.63) is 69.8 Å². The predicted molar refractivity (Wildman–Crippen MR) is 111 cm³/mol. The lowest BCUT2D eigenvalue weighted by molar-refractivity contribution is -0.139. The Kier molecular flexibility index (Phi) is 4.72. The fourth-order valence-corrected chi connectivity index (χ4v) is 3.44. The van der Waals surface area contributed by atoms with E-state index >= 15 is 0 Å². The maximum Gasteiger partial charge on any atom is 0.312 e.